The third-order valence-electron chi connectivity index (χ3n) is 3.33. The van der Waals surface area contributed by atoms with Crippen molar-refractivity contribution in [3.8, 4) is 0 Å². The van der Waals surface area contributed by atoms with E-state index < -0.39 is 15.1 Å². The predicted octanol–water partition coefficient (Wildman–Crippen LogP) is 1.23. The van der Waals surface area contributed by atoms with Crippen molar-refractivity contribution in [3.05, 3.63) is 12.7 Å². The second-order valence-electron chi connectivity index (χ2n) is 4.77. The standard InChI is InChI=1S/C12H21NO3S/c1-4-9-17(15,16)11(3)12(14)13-7-5-10(2)6-8-13/h4,10-11H,1,5-9H2,2-3H3. The van der Waals surface area contributed by atoms with Crippen molar-refractivity contribution >= 4 is 15.7 Å². The average molecular weight is 259 g/mol. The monoisotopic (exact) mass is 259 g/mol. The second kappa shape index (κ2) is 5.67. The Hall–Kier alpha value is -0.840. The maximum absolute atomic E-state index is 12.0. The van der Waals surface area contributed by atoms with Gasteiger partial charge in [0.05, 0.1) is 5.75 Å². The van der Waals surface area contributed by atoms with Gasteiger partial charge >= 0.3 is 0 Å². The van der Waals surface area contributed by atoms with Crippen molar-refractivity contribution in [1.82, 2.24) is 4.90 Å². The highest BCUT2D eigenvalue weighted by Crippen LogP contribution is 2.18. The van der Waals surface area contributed by atoms with Crippen LogP contribution in [0.25, 0.3) is 0 Å². The van der Waals surface area contributed by atoms with Gasteiger partial charge in [0.1, 0.15) is 5.25 Å². The number of amides is 1. The molecule has 5 heteroatoms. The van der Waals surface area contributed by atoms with Gasteiger partial charge in [-0.2, -0.15) is 0 Å². The number of carbonyl (C=O) groups is 1. The normalized spacial score (nSPS) is 20.0. The van der Waals surface area contributed by atoms with Crippen molar-refractivity contribution in [2.45, 2.75) is 31.9 Å². The first-order valence-electron chi connectivity index (χ1n) is 5.99. The molecule has 4 nitrogen and oxygen atoms in total. The second-order valence-corrected chi connectivity index (χ2v) is 7.13. The number of sulfone groups is 1. The molecule has 1 aliphatic rings. The van der Waals surface area contributed by atoms with Crippen LogP contribution in [-0.2, 0) is 14.6 Å². The molecular formula is C12H21NO3S. The van der Waals surface area contributed by atoms with Crippen LogP contribution in [-0.4, -0.2) is 43.3 Å². The summed E-state index contributed by atoms with van der Waals surface area (Å²) in [6, 6.07) is 0. The summed E-state index contributed by atoms with van der Waals surface area (Å²) >= 11 is 0. The Bertz CT molecular complexity index is 381. The summed E-state index contributed by atoms with van der Waals surface area (Å²) in [7, 11) is -3.38. The van der Waals surface area contributed by atoms with Gasteiger partial charge in [0, 0.05) is 13.1 Å². The Morgan fingerprint density at radius 2 is 2.00 bits per heavy atom. The molecule has 98 valence electrons. The lowest BCUT2D eigenvalue weighted by Crippen LogP contribution is -2.45. The zero-order chi connectivity index (χ0) is 13.1. The van der Waals surface area contributed by atoms with Crippen molar-refractivity contribution in [2.75, 3.05) is 18.8 Å². The number of hydrogen-bond acceptors (Lipinski definition) is 3. The molecule has 1 heterocycles. The highest BCUT2D eigenvalue weighted by molar-refractivity contribution is 7.92. The third kappa shape index (κ3) is 3.56. The first-order chi connectivity index (χ1) is 7.88. The summed E-state index contributed by atoms with van der Waals surface area (Å²) < 4.78 is 23.5. The molecular weight excluding hydrogens is 238 g/mol. The number of piperidine rings is 1. The topological polar surface area (TPSA) is 54.5 Å². The molecule has 0 aliphatic carbocycles. The van der Waals surface area contributed by atoms with Crippen LogP contribution in [0.15, 0.2) is 12.7 Å². The molecule has 0 aromatic carbocycles. The lowest BCUT2D eigenvalue weighted by atomic mass is 9.99. The maximum Gasteiger partial charge on any atom is 0.240 e. The third-order valence-corrected chi connectivity index (χ3v) is 5.31. The zero-order valence-corrected chi connectivity index (χ0v) is 11.4. The molecule has 0 bridgehead atoms. The molecule has 0 saturated carbocycles. The summed E-state index contributed by atoms with van der Waals surface area (Å²) in [5.74, 6) is 0.224. The first kappa shape index (κ1) is 14.2. The van der Waals surface area contributed by atoms with Crippen molar-refractivity contribution in [3.63, 3.8) is 0 Å². The van der Waals surface area contributed by atoms with E-state index in [4.69, 9.17) is 0 Å². The number of rotatable bonds is 4. The highest BCUT2D eigenvalue weighted by Gasteiger charge is 2.31. The van der Waals surface area contributed by atoms with Crippen LogP contribution < -0.4 is 0 Å². The quantitative estimate of drug-likeness (QED) is 0.714. The van der Waals surface area contributed by atoms with Crippen LogP contribution in [0.1, 0.15) is 26.7 Å². The Balaban J connectivity index is 2.67. The van der Waals surface area contributed by atoms with Crippen LogP contribution in [0.3, 0.4) is 0 Å². The Labute approximate surface area is 104 Å². The van der Waals surface area contributed by atoms with E-state index >= 15 is 0 Å². The van der Waals surface area contributed by atoms with E-state index in [1.165, 1.54) is 13.0 Å². The largest absolute Gasteiger partial charge is 0.342 e. The van der Waals surface area contributed by atoms with E-state index in [0.717, 1.165) is 12.8 Å². The summed E-state index contributed by atoms with van der Waals surface area (Å²) in [6.45, 7) is 8.38. The average Bonchev–Trinajstić information content (AvgIpc) is 2.28. The fraction of sp³-hybridized carbons (Fsp3) is 0.750. The molecule has 1 atom stereocenters. The fourth-order valence-electron chi connectivity index (χ4n) is 1.95. The van der Waals surface area contributed by atoms with Crippen LogP contribution in [0, 0.1) is 5.92 Å². The van der Waals surface area contributed by atoms with E-state index in [1.54, 1.807) is 4.90 Å². The molecule has 1 aliphatic heterocycles. The Morgan fingerprint density at radius 3 is 2.47 bits per heavy atom. The Morgan fingerprint density at radius 1 is 1.47 bits per heavy atom. The molecule has 0 N–H and O–H groups in total. The van der Waals surface area contributed by atoms with Gasteiger partial charge in [-0.15, -0.1) is 6.58 Å². The van der Waals surface area contributed by atoms with E-state index in [0.29, 0.717) is 19.0 Å². The van der Waals surface area contributed by atoms with Gasteiger partial charge in [0.2, 0.25) is 5.91 Å². The van der Waals surface area contributed by atoms with Gasteiger partial charge < -0.3 is 4.90 Å². The first-order valence-corrected chi connectivity index (χ1v) is 7.71. The number of likely N-dealkylation sites (tertiary alicyclic amines) is 1. The van der Waals surface area contributed by atoms with Gasteiger partial charge in [-0.25, -0.2) is 8.42 Å². The minimum Gasteiger partial charge on any atom is -0.342 e. The summed E-state index contributed by atoms with van der Waals surface area (Å²) in [6.07, 6.45) is 3.25. The van der Waals surface area contributed by atoms with E-state index in [-0.39, 0.29) is 11.7 Å². The molecule has 1 rings (SSSR count). The van der Waals surface area contributed by atoms with Gasteiger partial charge in [0.15, 0.2) is 9.84 Å². The minimum absolute atomic E-state index is 0.135. The van der Waals surface area contributed by atoms with E-state index in [2.05, 4.69) is 13.5 Å². The summed E-state index contributed by atoms with van der Waals surface area (Å²) in [5, 5.41) is -0.950. The van der Waals surface area contributed by atoms with Crippen molar-refractivity contribution in [1.29, 1.82) is 0 Å². The van der Waals surface area contributed by atoms with Gasteiger partial charge in [-0.3, -0.25) is 4.79 Å². The van der Waals surface area contributed by atoms with Crippen LogP contribution in [0.2, 0.25) is 0 Å². The lowest BCUT2D eigenvalue weighted by Gasteiger charge is -2.32. The number of carbonyl (C=O) groups excluding carboxylic acids is 1. The molecule has 1 saturated heterocycles. The molecule has 1 amide bonds. The van der Waals surface area contributed by atoms with E-state index in [1.807, 2.05) is 0 Å². The molecule has 1 fully saturated rings. The predicted molar refractivity (Wildman–Crippen MR) is 68.4 cm³/mol. The van der Waals surface area contributed by atoms with Crippen LogP contribution in [0.5, 0.6) is 0 Å². The molecule has 0 radical (unpaired) electrons. The number of nitrogens with zero attached hydrogens (tertiary/aromatic N) is 1. The van der Waals surface area contributed by atoms with Crippen LogP contribution >= 0.6 is 0 Å². The lowest BCUT2D eigenvalue weighted by molar-refractivity contribution is -0.131. The minimum atomic E-state index is -3.38. The maximum atomic E-state index is 12.0. The van der Waals surface area contributed by atoms with Crippen LogP contribution in [0.4, 0.5) is 0 Å². The molecule has 0 aromatic heterocycles. The highest BCUT2D eigenvalue weighted by atomic mass is 32.2. The molecule has 1 unspecified atom stereocenters. The molecule has 17 heavy (non-hydrogen) atoms. The number of hydrogen-bond donors (Lipinski definition) is 0. The Kier molecular flexibility index (Phi) is 4.74. The molecule has 0 aromatic rings. The van der Waals surface area contributed by atoms with Gasteiger partial charge in [-0.1, -0.05) is 13.0 Å². The summed E-state index contributed by atoms with van der Waals surface area (Å²) in [4.78, 5) is 13.7. The van der Waals surface area contributed by atoms with E-state index in [9.17, 15) is 13.2 Å². The molecule has 0 spiro atoms. The summed E-state index contributed by atoms with van der Waals surface area (Å²) in [5.41, 5.74) is 0. The van der Waals surface area contributed by atoms with Crippen molar-refractivity contribution < 1.29 is 13.2 Å². The SMILES string of the molecule is C=CCS(=O)(=O)C(C)C(=O)N1CCC(C)CC1. The van der Waals surface area contributed by atoms with Gasteiger partial charge in [0.25, 0.3) is 0 Å². The van der Waals surface area contributed by atoms with Gasteiger partial charge in [-0.05, 0) is 25.7 Å². The smallest absolute Gasteiger partial charge is 0.240 e. The zero-order valence-electron chi connectivity index (χ0n) is 10.6. The fourth-order valence-corrected chi connectivity index (χ4v) is 3.02. The van der Waals surface area contributed by atoms with Crippen molar-refractivity contribution in [2.24, 2.45) is 5.92 Å².